The first kappa shape index (κ1) is 17.3. The average molecular weight is 363 g/mol. The number of nitrogens with one attached hydrogen (secondary N) is 1. The van der Waals surface area contributed by atoms with Crippen molar-refractivity contribution in [2.45, 2.75) is 39.3 Å². The molecule has 0 bridgehead atoms. The molecule has 0 aliphatic carbocycles. The minimum atomic E-state index is -0.319. The zero-order valence-electron chi connectivity index (χ0n) is 15.5. The molecule has 2 heterocycles. The number of fused-ring (bicyclic) bond motifs is 2. The Morgan fingerprint density at radius 1 is 1.07 bits per heavy atom. The van der Waals surface area contributed by atoms with Gasteiger partial charge in [0.25, 0.3) is 11.8 Å². The van der Waals surface area contributed by atoms with Crippen LogP contribution in [0.4, 0.5) is 16.2 Å². The summed E-state index contributed by atoms with van der Waals surface area (Å²) in [4.78, 5) is 40.8. The fraction of sp³-hybridized carbons (Fsp3) is 0.286. The summed E-state index contributed by atoms with van der Waals surface area (Å²) in [6.07, 6.45) is 0.810. The lowest BCUT2D eigenvalue weighted by Gasteiger charge is -2.23. The Balaban J connectivity index is 1.60. The van der Waals surface area contributed by atoms with E-state index in [1.54, 1.807) is 36.9 Å². The van der Waals surface area contributed by atoms with Gasteiger partial charge >= 0.3 is 6.03 Å². The first-order valence-corrected chi connectivity index (χ1v) is 9.08. The van der Waals surface area contributed by atoms with Gasteiger partial charge in [-0.1, -0.05) is 18.2 Å². The summed E-state index contributed by atoms with van der Waals surface area (Å²) in [5.41, 5.74) is 3.26. The van der Waals surface area contributed by atoms with Crippen LogP contribution in [0.25, 0.3) is 0 Å². The van der Waals surface area contributed by atoms with Gasteiger partial charge in [0, 0.05) is 23.5 Å². The van der Waals surface area contributed by atoms with Crippen molar-refractivity contribution in [3.63, 3.8) is 0 Å². The summed E-state index contributed by atoms with van der Waals surface area (Å²) in [6.45, 7) is 5.61. The van der Waals surface area contributed by atoms with Crippen LogP contribution in [0.2, 0.25) is 0 Å². The van der Waals surface area contributed by atoms with Crippen LogP contribution in [0.5, 0.6) is 0 Å². The SMILES string of the molecule is CC(C)N1C(=O)c2ccc(NC(=O)N3c4ccccc4CC3C)cc2C1=O. The van der Waals surface area contributed by atoms with E-state index in [1.165, 1.54) is 4.90 Å². The van der Waals surface area contributed by atoms with Crippen molar-refractivity contribution in [1.29, 1.82) is 0 Å². The lowest BCUT2D eigenvalue weighted by atomic mass is 10.1. The number of carbonyl (C=O) groups is 3. The van der Waals surface area contributed by atoms with Crippen LogP contribution in [-0.2, 0) is 6.42 Å². The summed E-state index contributed by atoms with van der Waals surface area (Å²) in [7, 11) is 0. The molecule has 1 N–H and O–H groups in total. The average Bonchev–Trinajstić information content (AvgIpc) is 3.08. The highest BCUT2D eigenvalue weighted by atomic mass is 16.2. The molecule has 1 atom stereocenters. The van der Waals surface area contributed by atoms with Crippen molar-refractivity contribution in [2.75, 3.05) is 10.2 Å². The molecular formula is C21H21N3O3. The van der Waals surface area contributed by atoms with Crippen molar-refractivity contribution in [3.05, 3.63) is 59.2 Å². The lowest BCUT2D eigenvalue weighted by Crippen LogP contribution is -2.39. The van der Waals surface area contributed by atoms with Gasteiger partial charge in [-0.05, 0) is 57.0 Å². The zero-order chi connectivity index (χ0) is 19.3. The van der Waals surface area contributed by atoms with Crippen LogP contribution >= 0.6 is 0 Å². The number of rotatable bonds is 2. The second-order valence-electron chi connectivity index (χ2n) is 7.32. The Hall–Kier alpha value is -3.15. The predicted molar refractivity (Wildman–Crippen MR) is 103 cm³/mol. The van der Waals surface area contributed by atoms with Crippen LogP contribution in [0.1, 0.15) is 47.1 Å². The Bertz CT molecular complexity index is 967. The van der Waals surface area contributed by atoms with Gasteiger partial charge < -0.3 is 5.32 Å². The first-order chi connectivity index (χ1) is 12.9. The van der Waals surface area contributed by atoms with E-state index in [4.69, 9.17) is 0 Å². The molecule has 4 rings (SSSR count). The number of nitrogens with zero attached hydrogens (tertiary/aromatic N) is 2. The second kappa shape index (κ2) is 6.23. The predicted octanol–water partition coefficient (Wildman–Crippen LogP) is 3.67. The van der Waals surface area contributed by atoms with Crippen molar-refractivity contribution >= 4 is 29.2 Å². The van der Waals surface area contributed by atoms with Crippen molar-refractivity contribution < 1.29 is 14.4 Å². The van der Waals surface area contributed by atoms with Crippen molar-refractivity contribution in [2.24, 2.45) is 0 Å². The highest BCUT2D eigenvalue weighted by molar-refractivity contribution is 6.22. The van der Waals surface area contributed by atoms with Crippen molar-refractivity contribution in [1.82, 2.24) is 4.90 Å². The van der Waals surface area contributed by atoms with E-state index in [1.807, 2.05) is 31.2 Å². The van der Waals surface area contributed by atoms with E-state index < -0.39 is 0 Å². The van der Waals surface area contributed by atoms with Crippen LogP contribution < -0.4 is 10.2 Å². The quantitative estimate of drug-likeness (QED) is 0.828. The van der Waals surface area contributed by atoms with Gasteiger partial charge in [0.2, 0.25) is 0 Å². The molecule has 138 valence electrons. The van der Waals surface area contributed by atoms with E-state index in [0.717, 1.165) is 17.7 Å². The molecule has 4 amide bonds. The Morgan fingerprint density at radius 2 is 1.78 bits per heavy atom. The standard InChI is InChI=1S/C21H21N3O3/c1-12(2)23-19(25)16-9-8-15(11-17(16)20(23)26)22-21(27)24-13(3)10-14-6-4-5-7-18(14)24/h4-9,11-13H,10H2,1-3H3,(H,22,27). The number of anilines is 2. The number of benzene rings is 2. The molecular weight excluding hydrogens is 342 g/mol. The van der Waals surface area contributed by atoms with Gasteiger partial charge in [-0.25, -0.2) is 4.79 Å². The lowest BCUT2D eigenvalue weighted by molar-refractivity contribution is 0.0609. The highest BCUT2D eigenvalue weighted by Gasteiger charge is 2.37. The molecule has 0 aromatic heterocycles. The third-order valence-corrected chi connectivity index (χ3v) is 5.11. The molecule has 2 aliphatic heterocycles. The summed E-state index contributed by atoms with van der Waals surface area (Å²) in [5.74, 6) is -0.606. The topological polar surface area (TPSA) is 69.7 Å². The number of hydrogen-bond donors (Lipinski definition) is 1. The van der Waals surface area contributed by atoms with E-state index >= 15 is 0 Å². The van der Waals surface area contributed by atoms with E-state index in [-0.39, 0.29) is 29.9 Å². The first-order valence-electron chi connectivity index (χ1n) is 9.08. The maximum Gasteiger partial charge on any atom is 0.326 e. The third-order valence-electron chi connectivity index (χ3n) is 5.11. The van der Waals surface area contributed by atoms with Crippen LogP contribution in [-0.4, -0.2) is 34.8 Å². The summed E-state index contributed by atoms with van der Waals surface area (Å²) < 4.78 is 0. The fourth-order valence-corrected chi connectivity index (χ4v) is 3.86. The summed E-state index contributed by atoms with van der Waals surface area (Å²) in [6, 6.07) is 12.3. The van der Waals surface area contributed by atoms with E-state index in [0.29, 0.717) is 16.8 Å². The molecule has 27 heavy (non-hydrogen) atoms. The third kappa shape index (κ3) is 2.68. The molecule has 6 nitrogen and oxygen atoms in total. The summed E-state index contributed by atoms with van der Waals surface area (Å²) >= 11 is 0. The monoisotopic (exact) mass is 363 g/mol. The van der Waals surface area contributed by atoms with E-state index in [2.05, 4.69) is 5.32 Å². The van der Waals surface area contributed by atoms with Gasteiger partial charge in [-0.3, -0.25) is 19.4 Å². The molecule has 0 saturated carbocycles. The second-order valence-corrected chi connectivity index (χ2v) is 7.32. The minimum Gasteiger partial charge on any atom is -0.308 e. The van der Waals surface area contributed by atoms with E-state index in [9.17, 15) is 14.4 Å². The Morgan fingerprint density at radius 3 is 2.52 bits per heavy atom. The number of urea groups is 1. The zero-order valence-corrected chi connectivity index (χ0v) is 15.5. The smallest absolute Gasteiger partial charge is 0.308 e. The van der Waals surface area contributed by atoms with Gasteiger partial charge in [0.15, 0.2) is 0 Å². The number of carbonyl (C=O) groups excluding carboxylic acids is 3. The van der Waals surface area contributed by atoms with Crippen molar-refractivity contribution in [3.8, 4) is 0 Å². The maximum absolute atomic E-state index is 12.9. The molecule has 0 saturated heterocycles. The molecule has 6 heteroatoms. The largest absolute Gasteiger partial charge is 0.326 e. The van der Waals surface area contributed by atoms with Crippen LogP contribution in [0.3, 0.4) is 0 Å². The number of amides is 4. The Labute approximate surface area is 157 Å². The fourth-order valence-electron chi connectivity index (χ4n) is 3.86. The number of para-hydroxylation sites is 1. The minimum absolute atomic E-state index is 0.0523. The number of hydrogen-bond acceptors (Lipinski definition) is 3. The normalized spacial score (nSPS) is 18.1. The summed E-state index contributed by atoms with van der Waals surface area (Å²) in [5, 5.41) is 2.87. The van der Waals surface area contributed by atoms with Gasteiger partial charge in [-0.2, -0.15) is 0 Å². The maximum atomic E-state index is 12.9. The molecule has 1 unspecified atom stereocenters. The molecule has 2 aromatic carbocycles. The Kier molecular flexibility index (Phi) is 3.98. The van der Waals surface area contributed by atoms with Crippen LogP contribution in [0, 0.1) is 0 Å². The van der Waals surface area contributed by atoms with Gasteiger partial charge in [0.1, 0.15) is 0 Å². The molecule has 0 spiro atoms. The van der Waals surface area contributed by atoms with Gasteiger partial charge in [0.05, 0.1) is 11.1 Å². The van der Waals surface area contributed by atoms with Crippen LogP contribution in [0.15, 0.2) is 42.5 Å². The highest BCUT2D eigenvalue weighted by Crippen LogP contribution is 2.33. The molecule has 2 aliphatic rings. The van der Waals surface area contributed by atoms with Gasteiger partial charge in [-0.15, -0.1) is 0 Å². The molecule has 2 aromatic rings. The molecule has 0 radical (unpaired) electrons. The number of imide groups is 1. The molecule has 0 fully saturated rings.